The Labute approximate surface area is 89.1 Å². The molecule has 0 radical (unpaired) electrons. The molecule has 0 amide bonds. The van der Waals surface area contributed by atoms with Gasteiger partial charge in [0.25, 0.3) is 0 Å². The van der Waals surface area contributed by atoms with E-state index in [9.17, 15) is 14.7 Å². The Bertz CT molecular complexity index is 236. The fourth-order valence-electron chi connectivity index (χ4n) is 1.83. The molecular formula is C8H15N3O3Si. The number of nitrogens with zero attached hydrogens (tertiary/aromatic N) is 3. The van der Waals surface area contributed by atoms with Crippen LogP contribution in [0.25, 0.3) is 0 Å². The molecule has 0 aromatic rings. The van der Waals surface area contributed by atoms with Crippen molar-refractivity contribution in [3.05, 3.63) is 27.0 Å². The first-order valence-electron chi connectivity index (χ1n) is 4.62. The summed E-state index contributed by atoms with van der Waals surface area (Å²) in [6.07, 6.45) is 0. The summed E-state index contributed by atoms with van der Waals surface area (Å²) in [4.78, 5) is 31.8. The third-order valence-electron chi connectivity index (χ3n) is 3.00. The van der Waals surface area contributed by atoms with Gasteiger partial charge in [0.05, 0.1) is 17.0 Å². The van der Waals surface area contributed by atoms with Crippen LogP contribution in [0.5, 0.6) is 0 Å². The predicted molar refractivity (Wildman–Crippen MR) is 61.7 cm³/mol. The molecule has 0 aliphatic heterocycles. The zero-order valence-corrected chi connectivity index (χ0v) is 10.1. The second-order valence-electron chi connectivity index (χ2n) is 3.55. The minimum absolute atomic E-state index is 0.643. The van der Waals surface area contributed by atoms with Crippen molar-refractivity contribution in [1.29, 1.82) is 0 Å². The van der Waals surface area contributed by atoms with Crippen LogP contribution in [0, 0.1) is 14.7 Å². The number of hydrogen-bond donors (Lipinski definition) is 0. The lowest BCUT2D eigenvalue weighted by molar-refractivity contribution is 0.795. The maximum atomic E-state index is 10.6. The average molecular weight is 229 g/mol. The topological polar surface area (TPSA) is 88.3 Å². The van der Waals surface area contributed by atoms with Crippen molar-refractivity contribution < 1.29 is 0 Å². The molecule has 0 bridgehead atoms. The van der Waals surface area contributed by atoms with Crippen molar-refractivity contribution >= 4 is 8.07 Å². The summed E-state index contributed by atoms with van der Waals surface area (Å²) < 4.78 is 0. The van der Waals surface area contributed by atoms with Crippen LogP contribution in [0.3, 0.4) is 0 Å². The third kappa shape index (κ3) is 2.23. The van der Waals surface area contributed by atoms with Crippen molar-refractivity contribution in [2.75, 3.05) is 0 Å². The molecule has 0 aliphatic rings. The summed E-state index contributed by atoms with van der Waals surface area (Å²) in [5.41, 5.74) is -0.418. The van der Waals surface area contributed by atoms with Crippen LogP contribution in [0.15, 0.2) is 27.8 Å². The molecule has 0 N–H and O–H groups in total. The Balaban J connectivity index is 5.46. The third-order valence-corrected chi connectivity index (χ3v) is 8.36. The summed E-state index contributed by atoms with van der Waals surface area (Å²) in [5.74, 6) is 0. The lowest BCUT2D eigenvalue weighted by atomic mass is 10.7. The van der Waals surface area contributed by atoms with Gasteiger partial charge in [-0.1, -0.05) is 21.2 Å². The summed E-state index contributed by atoms with van der Waals surface area (Å²) in [7, 11) is -2.75. The summed E-state index contributed by atoms with van der Waals surface area (Å²) in [6, 6.07) is 0. The molecule has 3 unspecified atom stereocenters. The van der Waals surface area contributed by atoms with Crippen LogP contribution in [-0.2, 0) is 0 Å². The van der Waals surface area contributed by atoms with Crippen LogP contribution in [0.1, 0.15) is 20.8 Å². The lowest BCUT2D eigenvalue weighted by Gasteiger charge is -2.33. The highest BCUT2D eigenvalue weighted by molar-refractivity contribution is 6.88. The summed E-state index contributed by atoms with van der Waals surface area (Å²) in [5, 5.41) is 8.74. The van der Waals surface area contributed by atoms with Crippen LogP contribution in [0.4, 0.5) is 0 Å². The van der Waals surface area contributed by atoms with Gasteiger partial charge in [0.2, 0.25) is 0 Å². The van der Waals surface area contributed by atoms with E-state index in [1.807, 2.05) is 0 Å². The van der Waals surface area contributed by atoms with Crippen LogP contribution < -0.4 is 0 Å². The van der Waals surface area contributed by atoms with Crippen molar-refractivity contribution in [3.8, 4) is 0 Å². The van der Waals surface area contributed by atoms with Crippen molar-refractivity contribution in [2.45, 2.75) is 37.8 Å². The molecule has 0 saturated heterocycles. The van der Waals surface area contributed by atoms with Gasteiger partial charge in [0, 0.05) is 0 Å². The fraction of sp³-hybridized carbons (Fsp3) is 0.750. The molecule has 0 spiro atoms. The fourth-order valence-corrected chi connectivity index (χ4v) is 5.50. The SMILES string of the molecule is C=C[Si](C(C)N=O)(C(C)N=O)C(C)N=O. The molecule has 0 heterocycles. The maximum absolute atomic E-state index is 10.6. The molecule has 6 nitrogen and oxygen atoms in total. The molecular weight excluding hydrogens is 214 g/mol. The van der Waals surface area contributed by atoms with Crippen molar-refractivity contribution in [2.24, 2.45) is 15.5 Å². The van der Waals surface area contributed by atoms with Crippen molar-refractivity contribution in [3.63, 3.8) is 0 Å². The van der Waals surface area contributed by atoms with E-state index in [0.29, 0.717) is 0 Å². The van der Waals surface area contributed by atoms with E-state index in [1.165, 1.54) is 5.70 Å². The van der Waals surface area contributed by atoms with E-state index in [4.69, 9.17) is 0 Å². The van der Waals surface area contributed by atoms with Gasteiger partial charge in [-0.25, -0.2) is 0 Å². The lowest BCUT2D eigenvalue weighted by Crippen LogP contribution is -2.60. The van der Waals surface area contributed by atoms with Crippen molar-refractivity contribution in [1.82, 2.24) is 0 Å². The van der Waals surface area contributed by atoms with Crippen LogP contribution in [0.2, 0.25) is 0 Å². The largest absolute Gasteiger partial charge is 0.170 e. The molecule has 84 valence electrons. The summed E-state index contributed by atoms with van der Waals surface area (Å²) >= 11 is 0. The Morgan fingerprint density at radius 2 is 1.20 bits per heavy atom. The standard InChI is InChI=1S/C8H15N3O3Si/c1-5-15(6(2)9-12,7(3)10-13)8(4)11-14/h5-8H,1H2,2-4H3. The molecule has 0 aliphatic carbocycles. The second-order valence-corrected chi connectivity index (χ2v) is 8.46. The molecule has 0 rings (SSSR count). The Hall–Kier alpha value is -1.24. The van der Waals surface area contributed by atoms with E-state index < -0.39 is 25.1 Å². The highest BCUT2D eigenvalue weighted by Crippen LogP contribution is 2.26. The zero-order valence-electron chi connectivity index (χ0n) is 9.08. The first-order chi connectivity index (χ1) is 7.00. The first kappa shape index (κ1) is 13.8. The van der Waals surface area contributed by atoms with Gasteiger partial charge in [-0.15, -0.1) is 6.58 Å². The highest BCUT2D eigenvalue weighted by atomic mass is 28.3. The van der Waals surface area contributed by atoms with Gasteiger partial charge < -0.3 is 0 Å². The van der Waals surface area contributed by atoms with E-state index in [1.54, 1.807) is 20.8 Å². The quantitative estimate of drug-likeness (QED) is 0.495. The highest BCUT2D eigenvalue weighted by Gasteiger charge is 2.49. The Morgan fingerprint density at radius 3 is 1.33 bits per heavy atom. The van der Waals surface area contributed by atoms with Gasteiger partial charge >= 0.3 is 0 Å². The summed E-state index contributed by atoms with van der Waals surface area (Å²) in [6.45, 7) is 8.33. The van der Waals surface area contributed by atoms with E-state index in [-0.39, 0.29) is 0 Å². The molecule has 0 saturated carbocycles. The van der Waals surface area contributed by atoms with Crippen LogP contribution >= 0.6 is 0 Å². The van der Waals surface area contributed by atoms with Crippen LogP contribution in [-0.4, -0.2) is 25.1 Å². The number of nitroso groups, excluding NO2 is 3. The molecule has 0 aromatic heterocycles. The maximum Gasteiger partial charge on any atom is 0.170 e. The van der Waals surface area contributed by atoms with Gasteiger partial charge in [0.1, 0.15) is 0 Å². The monoisotopic (exact) mass is 229 g/mol. The predicted octanol–water partition coefficient (Wildman–Crippen LogP) is 2.24. The van der Waals surface area contributed by atoms with Gasteiger partial charge in [-0.2, -0.15) is 14.7 Å². The van der Waals surface area contributed by atoms with E-state index in [2.05, 4.69) is 22.1 Å². The Morgan fingerprint density at radius 1 is 0.933 bits per heavy atom. The molecule has 7 heteroatoms. The van der Waals surface area contributed by atoms with Gasteiger partial charge in [-0.3, -0.25) is 0 Å². The average Bonchev–Trinajstić information content (AvgIpc) is 2.29. The first-order valence-corrected chi connectivity index (χ1v) is 6.93. The minimum atomic E-state index is -2.75. The van der Waals surface area contributed by atoms with Gasteiger partial charge in [0.15, 0.2) is 8.07 Å². The van der Waals surface area contributed by atoms with E-state index >= 15 is 0 Å². The smallest absolute Gasteiger partial charge is 0.151 e. The van der Waals surface area contributed by atoms with Gasteiger partial charge in [-0.05, 0) is 20.8 Å². The number of hydrogen-bond acceptors (Lipinski definition) is 6. The molecule has 0 aromatic carbocycles. The molecule has 3 atom stereocenters. The zero-order chi connectivity index (χ0) is 12.1. The Kier molecular flexibility index (Phi) is 5.13. The molecule has 15 heavy (non-hydrogen) atoms. The molecule has 0 fully saturated rings. The van der Waals surface area contributed by atoms with E-state index in [0.717, 1.165) is 0 Å². The minimum Gasteiger partial charge on any atom is -0.151 e. The second kappa shape index (κ2) is 5.59. The normalized spacial score (nSPS) is 20.5. The number of rotatable bonds is 7.